The van der Waals surface area contributed by atoms with Crippen LogP contribution in [-0.4, -0.2) is 19.0 Å². The molecule has 0 aliphatic carbocycles. The van der Waals surface area contributed by atoms with Gasteiger partial charge in [-0.25, -0.2) is 4.79 Å². The maximum atomic E-state index is 11.7. The number of anilines is 1. The van der Waals surface area contributed by atoms with Crippen molar-refractivity contribution in [3.8, 4) is 0 Å². The lowest BCUT2D eigenvalue weighted by Gasteiger charge is -2.12. The van der Waals surface area contributed by atoms with Gasteiger partial charge in [0.1, 0.15) is 0 Å². The third-order valence-corrected chi connectivity index (χ3v) is 2.65. The van der Waals surface area contributed by atoms with Gasteiger partial charge in [0.05, 0.1) is 18.4 Å². The molecule has 4 heteroatoms. The van der Waals surface area contributed by atoms with E-state index in [0.717, 1.165) is 6.42 Å². The molecule has 17 heavy (non-hydrogen) atoms. The van der Waals surface area contributed by atoms with E-state index in [1.165, 1.54) is 7.11 Å². The SMILES string of the molecule is CCC(C)C(=O)Nc1ccccc1C(=O)OC. The van der Waals surface area contributed by atoms with E-state index in [2.05, 4.69) is 10.1 Å². The summed E-state index contributed by atoms with van der Waals surface area (Å²) in [4.78, 5) is 23.2. The van der Waals surface area contributed by atoms with Crippen molar-refractivity contribution in [1.82, 2.24) is 0 Å². The van der Waals surface area contributed by atoms with Gasteiger partial charge < -0.3 is 10.1 Å². The summed E-state index contributed by atoms with van der Waals surface area (Å²) in [5.74, 6) is -0.630. The van der Waals surface area contributed by atoms with E-state index in [0.29, 0.717) is 11.3 Å². The van der Waals surface area contributed by atoms with Crippen molar-refractivity contribution in [2.75, 3.05) is 12.4 Å². The molecule has 1 rings (SSSR count). The van der Waals surface area contributed by atoms with Crippen LogP contribution in [0.2, 0.25) is 0 Å². The summed E-state index contributed by atoms with van der Waals surface area (Å²) >= 11 is 0. The lowest BCUT2D eigenvalue weighted by atomic mass is 10.1. The molecule has 0 radical (unpaired) electrons. The Morgan fingerprint density at radius 1 is 1.35 bits per heavy atom. The lowest BCUT2D eigenvalue weighted by molar-refractivity contribution is -0.119. The number of rotatable bonds is 4. The highest BCUT2D eigenvalue weighted by Crippen LogP contribution is 2.17. The molecule has 0 fully saturated rings. The number of para-hydroxylation sites is 1. The van der Waals surface area contributed by atoms with Crippen molar-refractivity contribution in [3.63, 3.8) is 0 Å². The molecule has 1 aromatic carbocycles. The summed E-state index contributed by atoms with van der Waals surface area (Å²) in [6, 6.07) is 6.80. The topological polar surface area (TPSA) is 55.4 Å². The van der Waals surface area contributed by atoms with Crippen LogP contribution in [0.3, 0.4) is 0 Å². The van der Waals surface area contributed by atoms with Gasteiger partial charge in [-0.2, -0.15) is 0 Å². The van der Waals surface area contributed by atoms with E-state index in [1.54, 1.807) is 24.3 Å². The Morgan fingerprint density at radius 2 is 2.00 bits per heavy atom. The van der Waals surface area contributed by atoms with Gasteiger partial charge in [0.2, 0.25) is 5.91 Å². The van der Waals surface area contributed by atoms with E-state index >= 15 is 0 Å². The average molecular weight is 235 g/mol. The van der Waals surface area contributed by atoms with Crippen LogP contribution >= 0.6 is 0 Å². The van der Waals surface area contributed by atoms with Gasteiger partial charge in [0.15, 0.2) is 0 Å². The van der Waals surface area contributed by atoms with Crippen LogP contribution in [0.25, 0.3) is 0 Å². The minimum atomic E-state index is -0.454. The largest absolute Gasteiger partial charge is 0.465 e. The van der Waals surface area contributed by atoms with Gasteiger partial charge in [-0.05, 0) is 18.6 Å². The second-order valence-electron chi connectivity index (χ2n) is 3.84. The van der Waals surface area contributed by atoms with Crippen molar-refractivity contribution >= 4 is 17.6 Å². The fraction of sp³-hybridized carbons (Fsp3) is 0.385. The number of methoxy groups -OCH3 is 1. The normalized spacial score (nSPS) is 11.7. The summed E-state index contributed by atoms with van der Waals surface area (Å²) in [6.45, 7) is 3.78. The molecule has 1 aromatic rings. The van der Waals surface area contributed by atoms with E-state index in [-0.39, 0.29) is 11.8 Å². The fourth-order valence-electron chi connectivity index (χ4n) is 1.32. The second-order valence-corrected chi connectivity index (χ2v) is 3.84. The predicted molar refractivity (Wildman–Crippen MR) is 65.9 cm³/mol. The second kappa shape index (κ2) is 6.03. The maximum absolute atomic E-state index is 11.7. The molecule has 1 unspecified atom stereocenters. The molecule has 0 heterocycles. The number of carbonyl (C=O) groups excluding carboxylic acids is 2. The molecule has 92 valence electrons. The highest BCUT2D eigenvalue weighted by molar-refractivity contribution is 6.01. The number of carbonyl (C=O) groups is 2. The van der Waals surface area contributed by atoms with Gasteiger partial charge in [0.25, 0.3) is 0 Å². The van der Waals surface area contributed by atoms with Gasteiger partial charge in [0, 0.05) is 5.92 Å². The molecule has 0 spiro atoms. The summed E-state index contributed by atoms with van der Waals surface area (Å²) in [5, 5.41) is 2.74. The van der Waals surface area contributed by atoms with Crippen LogP contribution in [0.15, 0.2) is 24.3 Å². The zero-order chi connectivity index (χ0) is 12.8. The predicted octanol–water partition coefficient (Wildman–Crippen LogP) is 2.46. The van der Waals surface area contributed by atoms with Gasteiger partial charge in [-0.15, -0.1) is 0 Å². The first-order chi connectivity index (χ1) is 8.10. The molecule has 0 saturated heterocycles. The minimum Gasteiger partial charge on any atom is -0.465 e. The van der Waals surface area contributed by atoms with Crippen LogP contribution in [0.4, 0.5) is 5.69 Å². The molecular formula is C13H17NO3. The highest BCUT2D eigenvalue weighted by Gasteiger charge is 2.15. The van der Waals surface area contributed by atoms with Crippen molar-refractivity contribution < 1.29 is 14.3 Å². The quantitative estimate of drug-likeness (QED) is 0.815. The number of hydrogen-bond donors (Lipinski definition) is 1. The molecule has 4 nitrogen and oxygen atoms in total. The molecule has 0 saturated carbocycles. The van der Waals surface area contributed by atoms with Crippen LogP contribution in [-0.2, 0) is 9.53 Å². The van der Waals surface area contributed by atoms with Crippen LogP contribution in [0.5, 0.6) is 0 Å². The Hall–Kier alpha value is -1.84. The first-order valence-electron chi connectivity index (χ1n) is 5.58. The molecule has 1 amide bonds. The van der Waals surface area contributed by atoms with Gasteiger partial charge in [-0.1, -0.05) is 26.0 Å². The molecule has 1 N–H and O–H groups in total. The number of ether oxygens (including phenoxy) is 1. The Balaban J connectivity index is 2.91. The molecule has 0 bridgehead atoms. The number of benzene rings is 1. The third kappa shape index (κ3) is 3.31. The molecule has 1 atom stereocenters. The molecule has 0 aliphatic heterocycles. The first kappa shape index (κ1) is 13.2. The van der Waals surface area contributed by atoms with Crippen molar-refractivity contribution in [2.45, 2.75) is 20.3 Å². The zero-order valence-electron chi connectivity index (χ0n) is 10.3. The first-order valence-corrected chi connectivity index (χ1v) is 5.58. The fourth-order valence-corrected chi connectivity index (χ4v) is 1.32. The highest BCUT2D eigenvalue weighted by atomic mass is 16.5. The third-order valence-electron chi connectivity index (χ3n) is 2.65. The number of nitrogens with one attached hydrogen (secondary N) is 1. The molecule has 0 aliphatic rings. The monoisotopic (exact) mass is 235 g/mol. The smallest absolute Gasteiger partial charge is 0.339 e. The Bertz CT molecular complexity index is 415. The molecular weight excluding hydrogens is 218 g/mol. The van der Waals surface area contributed by atoms with Crippen LogP contribution in [0.1, 0.15) is 30.6 Å². The number of hydrogen-bond acceptors (Lipinski definition) is 3. The van der Waals surface area contributed by atoms with E-state index in [9.17, 15) is 9.59 Å². The Kier molecular flexibility index (Phi) is 4.69. The summed E-state index contributed by atoms with van der Waals surface area (Å²) in [7, 11) is 1.32. The van der Waals surface area contributed by atoms with Gasteiger partial charge in [-0.3, -0.25) is 4.79 Å². The van der Waals surface area contributed by atoms with Crippen LogP contribution < -0.4 is 5.32 Å². The Morgan fingerprint density at radius 3 is 2.59 bits per heavy atom. The summed E-state index contributed by atoms with van der Waals surface area (Å²) in [6.07, 6.45) is 0.756. The van der Waals surface area contributed by atoms with Crippen molar-refractivity contribution in [2.24, 2.45) is 5.92 Å². The standard InChI is InChI=1S/C13H17NO3/c1-4-9(2)12(15)14-11-8-6-5-7-10(11)13(16)17-3/h5-9H,4H2,1-3H3,(H,14,15). The van der Waals surface area contributed by atoms with Gasteiger partial charge >= 0.3 is 5.97 Å². The number of esters is 1. The van der Waals surface area contributed by atoms with E-state index in [4.69, 9.17) is 0 Å². The minimum absolute atomic E-state index is 0.0827. The van der Waals surface area contributed by atoms with Crippen molar-refractivity contribution in [3.05, 3.63) is 29.8 Å². The van der Waals surface area contributed by atoms with Crippen molar-refractivity contribution in [1.29, 1.82) is 0 Å². The summed E-state index contributed by atoms with van der Waals surface area (Å²) < 4.78 is 4.66. The maximum Gasteiger partial charge on any atom is 0.339 e. The molecule has 0 aromatic heterocycles. The van der Waals surface area contributed by atoms with E-state index < -0.39 is 5.97 Å². The lowest BCUT2D eigenvalue weighted by Crippen LogP contribution is -2.21. The zero-order valence-corrected chi connectivity index (χ0v) is 10.3. The van der Waals surface area contributed by atoms with E-state index in [1.807, 2.05) is 13.8 Å². The Labute approximate surface area is 101 Å². The average Bonchev–Trinajstić information content (AvgIpc) is 2.37. The summed E-state index contributed by atoms with van der Waals surface area (Å²) in [5.41, 5.74) is 0.858. The van der Waals surface area contributed by atoms with Crippen LogP contribution in [0, 0.1) is 5.92 Å². The number of amides is 1.